The predicted molar refractivity (Wildman–Crippen MR) is 137 cm³/mol. The number of amides is 1. The average molecular weight is 478 g/mol. The summed E-state index contributed by atoms with van der Waals surface area (Å²) in [5, 5.41) is 9.30. The van der Waals surface area contributed by atoms with Crippen molar-refractivity contribution < 1.29 is 9.53 Å². The number of aromatic nitrogens is 4. The standard InChI is InChI=1S/C26H35N7O2/c1-2-3-12-28-26-29-15-22-24(19-6-10-21(11-7-19)32-13-14-35-17-23(32)34)31-33(25(22)30-26)16-18-4-8-20(27)9-5-18/h6-7,10-11,15,18,20H,2-5,8-9,12-14,16-17,27H2,1H3,(H,28,29,30). The van der Waals surface area contributed by atoms with Gasteiger partial charge in [0, 0.05) is 43.1 Å². The van der Waals surface area contributed by atoms with E-state index in [2.05, 4.69) is 21.9 Å². The molecule has 186 valence electrons. The average Bonchev–Trinajstić information content (AvgIpc) is 3.23. The second-order valence-electron chi connectivity index (χ2n) is 9.67. The second-order valence-corrected chi connectivity index (χ2v) is 9.67. The molecule has 2 fully saturated rings. The normalized spacial score (nSPS) is 21.0. The van der Waals surface area contributed by atoms with E-state index in [1.54, 1.807) is 4.90 Å². The molecule has 1 saturated carbocycles. The van der Waals surface area contributed by atoms with Crippen molar-refractivity contribution in [1.29, 1.82) is 0 Å². The Kier molecular flexibility index (Phi) is 7.24. The van der Waals surface area contributed by atoms with E-state index in [0.29, 0.717) is 31.1 Å². The molecule has 1 aromatic carbocycles. The van der Waals surface area contributed by atoms with Gasteiger partial charge in [0.1, 0.15) is 12.3 Å². The molecule has 0 unspecified atom stereocenters. The number of nitrogens with zero attached hydrogens (tertiary/aromatic N) is 5. The van der Waals surface area contributed by atoms with Crippen LogP contribution in [-0.4, -0.2) is 58.0 Å². The molecule has 35 heavy (non-hydrogen) atoms. The molecule has 0 radical (unpaired) electrons. The van der Waals surface area contributed by atoms with Crippen LogP contribution in [0.15, 0.2) is 30.5 Å². The second kappa shape index (κ2) is 10.7. The zero-order valence-corrected chi connectivity index (χ0v) is 20.4. The topological polar surface area (TPSA) is 111 Å². The van der Waals surface area contributed by atoms with Gasteiger partial charge in [0.05, 0.1) is 12.0 Å². The molecule has 1 amide bonds. The van der Waals surface area contributed by atoms with Crippen molar-refractivity contribution in [2.24, 2.45) is 11.7 Å². The number of nitrogens with one attached hydrogen (secondary N) is 1. The van der Waals surface area contributed by atoms with Gasteiger partial charge in [0.25, 0.3) is 5.91 Å². The molecule has 1 aliphatic heterocycles. The van der Waals surface area contributed by atoms with Crippen LogP contribution in [0.25, 0.3) is 22.3 Å². The summed E-state index contributed by atoms with van der Waals surface area (Å²) in [4.78, 5) is 23.4. The summed E-state index contributed by atoms with van der Waals surface area (Å²) < 4.78 is 7.31. The summed E-state index contributed by atoms with van der Waals surface area (Å²) in [6.45, 7) is 5.11. The summed E-state index contributed by atoms with van der Waals surface area (Å²) in [6, 6.07) is 8.33. The van der Waals surface area contributed by atoms with Crippen LogP contribution in [-0.2, 0) is 16.1 Å². The molecule has 2 aromatic heterocycles. The Balaban J connectivity index is 1.45. The number of benzene rings is 1. The lowest BCUT2D eigenvalue weighted by molar-refractivity contribution is -0.125. The van der Waals surface area contributed by atoms with Gasteiger partial charge in [-0.15, -0.1) is 0 Å². The molecule has 1 saturated heterocycles. The van der Waals surface area contributed by atoms with Gasteiger partial charge in [0.2, 0.25) is 5.95 Å². The van der Waals surface area contributed by atoms with Crippen molar-refractivity contribution in [3.8, 4) is 11.3 Å². The molecule has 0 atom stereocenters. The van der Waals surface area contributed by atoms with E-state index in [0.717, 1.165) is 79.6 Å². The van der Waals surface area contributed by atoms with Gasteiger partial charge in [-0.1, -0.05) is 25.5 Å². The Morgan fingerprint density at radius 3 is 2.71 bits per heavy atom. The van der Waals surface area contributed by atoms with E-state index in [-0.39, 0.29) is 12.5 Å². The number of nitrogens with two attached hydrogens (primary N) is 1. The van der Waals surface area contributed by atoms with Crippen LogP contribution in [0.3, 0.4) is 0 Å². The minimum Gasteiger partial charge on any atom is -0.370 e. The predicted octanol–water partition coefficient (Wildman–Crippen LogP) is 3.59. The van der Waals surface area contributed by atoms with Crippen LogP contribution < -0.4 is 16.0 Å². The lowest BCUT2D eigenvalue weighted by Gasteiger charge is -2.26. The fourth-order valence-corrected chi connectivity index (χ4v) is 4.97. The van der Waals surface area contributed by atoms with Crippen LogP contribution in [0.5, 0.6) is 0 Å². The molecular formula is C26H35N7O2. The first-order chi connectivity index (χ1) is 17.1. The van der Waals surface area contributed by atoms with E-state index in [1.807, 2.05) is 30.5 Å². The van der Waals surface area contributed by atoms with Crippen LogP contribution >= 0.6 is 0 Å². The monoisotopic (exact) mass is 477 g/mol. The maximum absolute atomic E-state index is 12.2. The zero-order chi connectivity index (χ0) is 24.2. The Labute approximate surface area is 206 Å². The molecule has 9 nitrogen and oxygen atoms in total. The summed E-state index contributed by atoms with van der Waals surface area (Å²) in [5.74, 6) is 1.18. The molecule has 3 heterocycles. The van der Waals surface area contributed by atoms with Gasteiger partial charge in [-0.05, 0) is 50.2 Å². The highest BCUT2D eigenvalue weighted by Crippen LogP contribution is 2.31. The fraction of sp³-hybridized carbons (Fsp3) is 0.538. The lowest BCUT2D eigenvalue weighted by atomic mass is 9.86. The van der Waals surface area contributed by atoms with Crippen LogP contribution in [0, 0.1) is 5.92 Å². The number of fused-ring (bicyclic) bond motifs is 1. The number of hydrogen-bond acceptors (Lipinski definition) is 7. The van der Waals surface area contributed by atoms with Gasteiger partial charge >= 0.3 is 0 Å². The number of hydrogen-bond donors (Lipinski definition) is 2. The van der Waals surface area contributed by atoms with Crippen molar-refractivity contribution in [3.05, 3.63) is 30.5 Å². The summed E-state index contributed by atoms with van der Waals surface area (Å²) in [7, 11) is 0. The van der Waals surface area contributed by atoms with Crippen LogP contribution in [0.2, 0.25) is 0 Å². The third kappa shape index (κ3) is 5.31. The number of rotatable bonds is 8. The highest BCUT2D eigenvalue weighted by Gasteiger charge is 2.23. The van der Waals surface area contributed by atoms with Gasteiger partial charge in [-0.25, -0.2) is 9.67 Å². The van der Waals surface area contributed by atoms with E-state index >= 15 is 0 Å². The third-order valence-electron chi connectivity index (χ3n) is 7.06. The Hall–Kier alpha value is -3.04. The Morgan fingerprint density at radius 2 is 1.97 bits per heavy atom. The molecule has 3 N–H and O–H groups in total. The Bertz CT molecular complexity index is 1150. The van der Waals surface area contributed by atoms with E-state index in [4.69, 9.17) is 20.6 Å². The zero-order valence-electron chi connectivity index (χ0n) is 20.4. The number of unbranched alkanes of at least 4 members (excludes halogenated alkanes) is 1. The summed E-state index contributed by atoms with van der Waals surface area (Å²) in [5.41, 5.74) is 9.72. The van der Waals surface area contributed by atoms with Gasteiger partial charge < -0.3 is 20.7 Å². The minimum atomic E-state index is -0.0116. The van der Waals surface area contributed by atoms with Crippen molar-refractivity contribution in [2.45, 2.75) is 58.0 Å². The van der Waals surface area contributed by atoms with Crippen molar-refractivity contribution >= 4 is 28.6 Å². The first-order valence-electron chi connectivity index (χ1n) is 12.8. The number of morpholine rings is 1. The largest absolute Gasteiger partial charge is 0.370 e. The molecule has 5 rings (SSSR count). The highest BCUT2D eigenvalue weighted by molar-refractivity contribution is 5.96. The van der Waals surface area contributed by atoms with Crippen LogP contribution in [0.4, 0.5) is 11.6 Å². The van der Waals surface area contributed by atoms with Gasteiger partial charge in [-0.3, -0.25) is 4.79 Å². The molecule has 3 aromatic rings. The Morgan fingerprint density at radius 1 is 1.17 bits per heavy atom. The van der Waals surface area contributed by atoms with E-state index in [1.165, 1.54) is 0 Å². The highest BCUT2D eigenvalue weighted by atomic mass is 16.5. The van der Waals surface area contributed by atoms with Gasteiger partial charge in [-0.2, -0.15) is 10.1 Å². The molecule has 1 aliphatic carbocycles. The van der Waals surface area contributed by atoms with Crippen molar-refractivity contribution in [1.82, 2.24) is 19.7 Å². The first-order valence-corrected chi connectivity index (χ1v) is 12.8. The molecule has 0 spiro atoms. The van der Waals surface area contributed by atoms with Gasteiger partial charge in [0.15, 0.2) is 5.65 Å². The third-order valence-corrected chi connectivity index (χ3v) is 7.06. The van der Waals surface area contributed by atoms with Crippen molar-refractivity contribution in [3.63, 3.8) is 0 Å². The number of anilines is 2. The summed E-state index contributed by atoms with van der Waals surface area (Å²) >= 11 is 0. The quantitative estimate of drug-likeness (QED) is 0.477. The van der Waals surface area contributed by atoms with E-state index < -0.39 is 0 Å². The van der Waals surface area contributed by atoms with E-state index in [9.17, 15) is 4.79 Å². The smallest absolute Gasteiger partial charge is 0.253 e. The maximum atomic E-state index is 12.2. The maximum Gasteiger partial charge on any atom is 0.253 e. The molecule has 0 bridgehead atoms. The SMILES string of the molecule is CCCCNc1ncc2c(-c3ccc(N4CCOCC4=O)cc3)nn(CC3CCC(N)CC3)c2n1. The molecule has 2 aliphatic rings. The van der Waals surface area contributed by atoms with Crippen molar-refractivity contribution in [2.75, 3.05) is 36.5 Å². The first kappa shape index (κ1) is 23.7. The minimum absolute atomic E-state index is 0.0116. The lowest BCUT2D eigenvalue weighted by Crippen LogP contribution is -2.41. The molecular weight excluding hydrogens is 442 g/mol. The molecule has 9 heteroatoms. The summed E-state index contributed by atoms with van der Waals surface area (Å²) in [6.07, 6.45) is 8.44. The fourth-order valence-electron chi connectivity index (χ4n) is 4.97. The van der Waals surface area contributed by atoms with Crippen LogP contribution in [0.1, 0.15) is 45.4 Å². The number of carbonyl (C=O) groups excluding carboxylic acids is 1. The number of carbonyl (C=O) groups is 1. The number of ether oxygens (including phenoxy) is 1.